The number of rotatable bonds is 5. The zero-order valence-electron chi connectivity index (χ0n) is 8.98. The van der Waals surface area contributed by atoms with Crippen molar-refractivity contribution in [2.75, 3.05) is 7.05 Å². The van der Waals surface area contributed by atoms with E-state index in [9.17, 15) is 4.79 Å². The van der Waals surface area contributed by atoms with E-state index in [2.05, 4.69) is 31.1 Å². The Hall–Kier alpha value is -0.990. The summed E-state index contributed by atoms with van der Waals surface area (Å²) in [4.78, 5) is 11.4. The monoisotopic (exact) mass is 184 g/mol. The summed E-state index contributed by atoms with van der Waals surface area (Å²) in [7, 11) is 1.65. The van der Waals surface area contributed by atoms with Gasteiger partial charge in [0.2, 0.25) is 5.91 Å². The van der Waals surface area contributed by atoms with Crippen LogP contribution in [0.3, 0.4) is 0 Å². The Morgan fingerprint density at radius 1 is 1.46 bits per heavy atom. The smallest absolute Gasteiger partial charge is 0.242 e. The van der Waals surface area contributed by atoms with Gasteiger partial charge in [0.25, 0.3) is 0 Å². The lowest BCUT2D eigenvalue weighted by Gasteiger charge is -2.19. The molecule has 0 aromatic carbocycles. The molecule has 0 saturated carbocycles. The summed E-state index contributed by atoms with van der Waals surface area (Å²) in [5, 5.41) is 5.69. The lowest BCUT2D eigenvalue weighted by atomic mass is 10.0. The summed E-state index contributed by atoms with van der Waals surface area (Å²) >= 11 is 0. The summed E-state index contributed by atoms with van der Waals surface area (Å²) in [5.41, 5.74) is 0.828. The molecule has 0 spiro atoms. The number of allylic oxidation sites excluding steroid dienone is 1. The van der Waals surface area contributed by atoms with Gasteiger partial charge >= 0.3 is 0 Å². The maximum atomic E-state index is 11.4. The minimum absolute atomic E-state index is 0.0247. The molecule has 0 fully saturated rings. The first-order chi connectivity index (χ1) is 5.97. The van der Waals surface area contributed by atoms with E-state index in [1.54, 1.807) is 7.05 Å². The van der Waals surface area contributed by atoms with E-state index in [0.29, 0.717) is 5.92 Å². The molecule has 0 aromatic rings. The van der Waals surface area contributed by atoms with Gasteiger partial charge in [0.05, 0.1) is 0 Å². The molecule has 3 heteroatoms. The van der Waals surface area contributed by atoms with Crippen molar-refractivity contribution in [1.29, 1.82) is 0 Å². The molecule has 3 nitrogen and oxygen atoms in total. The predicted octanol–water partition coefficient (Wildman–Crippen LogP) is 1.27. The van der Waals surface area contributed by atoms with Crippen LogP contribution < -0.4 is 10.6 Å². The maximum Gasteiger partial charge on any atom is 0.242 e. The van der Waals surface area contributed by atoms with Gasteiger partial charge in [-0.3, -0.25) is 4.79 Å². The molecule has 2 N–H and O–H groups in total. The van der Waals surface area contributed by atoms with E-state index >= 15 is 0 Å². The molecule has 0 heterocycles. The minimum Gasteiger partial charge on any atom is -0.378 e. The first-order valence-electron chi connectivity index (χ1n) is 4.61. The van der Waals surface area contributed by atoms with Gasteiger partial charge in [0.15, 0.2) is 0 Å². The highest BCUT2D eigenvalue weighted by Gasteiger charge is 2.17. The number of carbonyl (C=O) groups is 1. The molecule has 0 bridgehead atoms. The number of amides is 1. The van der Waals surface area contributed by atoms with Gasteiger partial charge in [0, 0.05) is 12.7 Å². The highest BCUT2D eigenvalue weighted by Crippen LogP contribution is 2.05. The second kappa shape index (κ2) is 5.62. The van der Waals surface area contributed by atoms with Gasteiger partial charge in [-0.1, -0.05) is 20.4 Å². The molecule has 0 aromatic heterocycles. The maximum absolute atomic E-state index is 11.4. The summed E-state index contributed by atoms with van der Waals surface area (Å²) in [5.74, 6) is 0.519. The molecule has 0 aliphatic heterocycles. The summed E-state index contributed by atoms with van der Waals surface area (Å²) in [6, 6.07) is -0.150. The average molecular weight is 184 g/mol. The van der Waals surface area contributed by atoms with Crippen molar-refractivity contribution in [3.63, 3.8) is 0 Å². The fourth-order valence-corrected chi connectivity index (χ4v) is 1.17. The molecule has 76 valence electrons. The van der Waals surface area contributed by atoms with Gasteiger partial charge in [-0.25, -0.2) is 0 Å². The van der Waals surface area contributed by atoms with E-state index in [0.717, 1.165) is 12.1 Å². The third-order valence-corrected chi connectivity index (χ3v) is 1.69. The van der Waals surface area contributed by atoms with Gasteiger partial charge < -0.3 is 10.6 Å². The number of hydrogen-bond donors (Lipinski definition) is 2. The lowest BCUT2D eigenvalue weighted by molar-refractivity contribution is -0.122. The topological polar surface area (TPSA) is 41.1 Å². The molecule has 0 rings (SSSR count). The summed E-state index contributed by atoms with van der Waals surface area (Å²) in [6.45, 7) is 9.77. The Balaban J connectivity index is 4.18. The normalized spacial score (nSPS) is 12.4. The number of nitrogens with one attached hydrogen (secondary N) is 2. The average Bonchev–Trinajstić information content (AvgIpc) is 2.00. The highest BCUT2D eigenvalue weighted by atomic mass is 16.2. The fourth-order valence-electron chi connectivity index (χ4n) is 1.17. The Morgan fingerprint density at radius 2 is 2.00 bits per heavy atom. The van der Waals surface area contributed by atoms with E-state index in [4.69, 9.17) is 0 Å². The molecule has 0 radical (unpaired) electrons. The van der Waals surface area contributed by atoms with Crippen LogP contribution in [0.2, 0.25) is 0 Å². The van der Waals surface area contributed by atoms with Gasteiger partial charge in [-0.2, -0.15) is 0 Å². The molecule has 1 amide bonds. The standard InChI is InChI=1S/C10H20N2O/c1-7(2)6-9(10(13)11-5)12-8(3)4/h7,9,12H,3,6H2,1-2,4-5H3,(H,11,13)/t9-/m0/s1. The Kier molecular flexibility index (Phi) is 5.19. The first-order valence-corrected chi connectivity index (χ1v) is 4.61. The van der Waals surface area contributed by atoms with Crippen molar-refractivity contribution in [1.82, 2.24) is 10.6 Å². The molecule has 0 saturated heterocycles. The van der Waals surface area contributed by atoms with Crippen LogP contribution >= 0.6 is 0 Å². The van der Waals surface area contributed by atoms with E-state index in [1.807, 2.05) is 6.92 Å². The minimum atomic E-state index is -0.150. The van der Waals surface area contributed by atoms with E-state index < -0.39 is 0 Å². The van der Waals surface area contributed by atoms with Crippen LogP contribution in [0.1, 0.15) is 27.2 Å². The van der Waals surface area contributed by atoms with Crippen molar-refractivity contribution < 1.29 is 4.79 Å². The molecule has 13 heavy (non-hydrogen) atoms. The Morgan fingerprint density at radius 3 is 2.31 bits per heavy atom. The Bertz CT molecular complexity index is 187. The molecule has 0 aliphatic carbocycles. The van der Waals surface area contributed by atoms with Crippen LogP contribution in [0.15, 0.2) is 12.3 Å². The second-order valence-corrected chi connectivity index (χ2v) is 3.72. The van der Waals surface area contributed by atoms with Crippen LogP contribution in [0.4, 0.5) is 0 Å². The quantitative estimate of drug-likeness (QED) is 0.675. The number of hydrogen-bond acceptors (Lipinski definition) is 2. The second-order valence-electron chi connectivity index (χ2n) is 3.72. The van der Waals surface area contributed by atoms with Crippen LogP contribution in [0.25, 0.3) is 0 Å². The first kappa shape index (κ1) is 12.0. The predicted molar refractivity (Wildman–Crippen MR) is 55.3 cm³/mol. The highest BCUT2D eigenvalue weighted by molar-refractivity contribution is 5.81. The molecular formula is C10H20N2O. The Labute approximate surface area is 80.6 Å². The van der Waals surface area contributed by atoms with Crippen molar-refractivity contribution in [2.24, 2.45) is 5.92 Å². The SMILES string of the molecule is C=C(C)N[C@@H](CC(C)C)C(=O)NC. The van der Waals surface area contributed by atoms with Gasteiger partial charge in [-0.05, 0) is 19.3 Å². The van der Waals surface area contributed by atoms with Crippen molar-refractivity contribution in [3.05, 3.63) is 12.3 Å². The van der Waals surface area contributed by atoms with E-state index in [1.165, 1.54) is 0 Å². The van der Waals surface area contributed by atoms with Crippen LogP contribution in [-0.2, 0) is 4.79 Å². The third-order valence-electron chi connectivity index (χ3n) is 1.69. The third kappa shape index (κ3) is 5.28. The van der Waals surface area contributed by atoms with Crippen LogP contribution in [0.5, 0.6) is 0 Å². The summed E-state index contributed by atoms with van der Waals surface area (Å²) in [6.07, 6.45) is 0.826. The van der Waals surface area contributed by atoms with Gasteiger partial charge in [-0.15, -0.1) is 0 Å². The largest absolute Gasteiger partial charge is 0.378 e. The molecule has 0 unspecified atom stereocenters. The number of likely N-dealkylation sites (N-methyl/N-ethyl adjacent to an activating group) is 1. The lowest BCUT2D eigenvalue weighted by Crippen LogP contribution is -2.42. The molecular weight excluding hydrogens is 164 g/mol. The number of carbonyl (C=O) groups excluding carboxylic acids is 1. The molecule has 0 aliphatic rings. The summed E-state index contributed by atoms with van der Waals surface area (Å²) < 4.78 is 0. The van der Waals surface area contributed by atoms with E-state index in [-0.39, 0.29) is 11.9 Å². The zero-order chi connectivity index (χ0) is 10.4. The fraction of sp³-hybridized carbons (Fsp3) is 0.700. The van der Waals surface area contributed by atoms with Crippen molar-refractivity contribution in [3.8, 4) is 0 Å². The molecule has 1 atom stereocenters. The van der Waals surface area contributed by atoms with Crippen LogP contribution in [0, 0.1) is 5.92 Å². The van der Waals surface area contributed by atoms with Crippen molar-refractivity contribution in [2.45, 2.75) is 33.2 Å². The van der Waals surface area contributed by atoms with Gasteiger partial charge in [0.1, 0.15) is 6.04 Å². The van der Waals surface area contributed by atoms with Crippen LogP contribution in [-0.4, -0.2) is 19.0 Å². The van der Waals surface area contributed by atoms with Crippen molar-refractivity contribution >= 4 is 5.91 Å². The zero-order valence-corrected chi connectivity index (χ0v) is 8.98.